The number of amides is 2. The molecule has 0 saturated carbocycles. The van der Waals surface area contributed by atoms with Gasteiger partial charge in [-0.25, -0.2) is 8.78 Å². The molecule has 5 nitrogen and oxygen atoms in total. The van der Waals surface area contributed by atoms with Crippen LogP contribution >= 0.6 is 0 Å². The number of nitrogens with one attached hydrogen (secondary N) is 2. The van der Waals surface area contributed by atoms with Crippen LogP contribution in [0.3, 0.4) is 0 Å². The number of carbonyl (C=O) groups excluding carboxylic acids is 2. The molecule has 142 valence electrons. The average Bonchev–Trinajstić information content (AvgIpc) is 2.67. The number of aryl methyl sites for hydroxylation is 2. The highest BCUT2D eigenvalue weighted by molar-refractivity contribution is 6.08. The smallest absolute Gasteiger partial charge is 0.257 e. The van der Waals surface area contributed by atoms with E-state index in [1.54, 1.807) is 6.07 Å². The number of hydrogen-bond acceptors (Lipinski definition) is 3. The van der Waals surface area contributed by atoms with Crippen molar-refractivity contribution in [2.75, 3.05) is 10.6 Å². The fraction of sp³-hybridized carbons (Fsp3) is 0.0952. The van der Waals surface area contributed by atoms with Gasteiger partial charge < -0.3 is 10.6 Å². The van der Waals surface area contributed by atoms with Crippen LogP contribution in [-0.2, 0) is 0 Å². The Morgan fingerprint density at radius 3 is 2.14 bits per heavy atom. The first-order valence-corrected chi connectivity index (χ1v) is 8.43. The highest BCUT2D eigenvalue weighted by Crippen LogP contribution is 2.18. The molecular weight excluding hydrogens is 364 g/mol. The molecule has 0 unspecified atom stereocenters. The van der Waals surface area contributed by atoms with Gasteiger partial charge >= 0.3 is 0 Å². The number of rotatable bonds is 4. The molecule has 0 radical (unpaired) electrons. The molecule has 0 aliphatic rings. The second-order valence-electron chi connectivity index (χ2n) is 6.29. The van der Waals surface area contributed by atoms with Crippen LogP contribution in [0.25, 0.3) is 0 Å². The Bertz CT molecular complexity index is 1070. The van der Waals surface area contributed by atoms with Gasteiger partial charge in [-0.2, -0.15) is 0 Å². The number of pyridine rings is 1. The van der Waals surface area contributed by atoms with E-state index >= 15 is 0 Å². The summed E-state index contributed by atoms with van der Waals surface area (Å²) < 4.78 is 26.7. The quantitative estimate of drug-likeness (QED) is 0.700. The molecule has 1 heterocycles. The van der Waals surface area contributed by atoms with E-state index in [2.05, 4.69) is 15.6 Å². The number of carbonyl (C=O) groups is 2. The maximum Gasteiger partial charge on any atom is 0.257 e. The highest BCUT2D eigenvalue weighted by atomic mass is 19.1. The summed E-state index contributed by atoms with van der Waals surface area (Å²) in [6.07, 6.45) is 2.58. The lowest BCUT2D eigenvalue weighted by molar-refractivity contribution is 0.102. The zero-order valence-corrected chi connectivity index (χ0v) is 15.2. The lowest BCUT2D eigenvalue weighted by atomic mass is 10.1. The molecule has 0 saturated heterocycles. The van der Waals surface area contributed by atoms with E-state index in [1.807, 2.05) is 26.0 Å². The summed E-state index contributed by atoms with van der Waals surface area (Å²) in [6.45, 7) is 3.91. The molecule has 3 aromatic rings. The summed E-state index contributed by atoms with van der Waals surface area (Å²) in [5.41, 5.74) is 2.83. The van der Waals surface area contributed by atoms with Gasteiger partial charge in [-0.15, -0.1) is 0 Å². The maximum atomic E-state index is 13.7. The molecule has 0 bridgehead atoms. The van der Waals surface area contributed by atoms with Crippen molar-refractivity contribution in [2.45, 2.75) is 13.8 Å². The van der Waals surface area contributed by atoms with E-state index < -0.39 is 23.4 Å². The first-order valence-electron chi connectivity index (χ1n) is 8.43. The molecule has 1 aromatic heterocycles. The third-order valence-electron chi connectivity index (χ3n) is 4.21. The molecule has 2 N–H and O–H groups in total. The molecule has 7 heteroatoms. The van der Waals surface area contributed by atoms with Gasteiger partial charge in [0.2, 0.25) is 0 Å². The Balaban J connectivity index is 1.76. The predicted molar refractivity (Wildman–Crippen MR) is 102 cm³/mol. The van der Waals surface area contributed by atoms with Crippen LogP contribution in [-0.4, -0.2) is 16.8 Å². The van der Waals surface area contributed by atoms with E-state index in [1.165, 1.54) is 18.5 Å². The largest absolute Gasteiger partial charge is 0.322 e. The van der Waals surface area contributed by atoms with Crippen LogP contribution in [0.2, 0.25) is 0 Å². The van der Waals surface area contributed by atoms with E-state index in [-0.39, 0.29) is 16.8 Å². The van der Waals surface area contributed by atoms with E-state index in [4.69, 9.17) is 0 Å². The lowest BCUT2D eigenvalue weighted by Crippen LogP contribution is -2.16. The number of anilines is 2. The van der Waals surface area contributed by atoms with Crippen molar-refractivity contribution in [1.82, 2.24) is 4.98 Å². The minimum Gasteiger partial charge on any atom is -0.322 e. The van der Waals surface area contributed by atoms with E-state index in [9.17, 15) is 18.4 Å². The molecular formula is C21H17F2N3O2. The van der Waals surface area contributed by atoms with E-state index in [0.717, 1.165) is 23.3 Å². The van der Waals surface area contributed by atoms with Crippen LogP contribution in [0.5, 0.6) is 0 Å². The zero-order chi connectivity index (χ0) is 20.3. The van der Waals surface area contributed by atoms with Gasteiger partial charge in [-0.05, 0) is 55.3 Å². The van der Waals surface area contributed by atoms with Crippen molar-refractivity contribution in [2.24, 2.45) is 0 Å². The van der Waals surface area contributed by atoms with Crippen molar-refractivity contribution < 1.29 is 18.4 Å². The number of aromatic nitrogens is 1. The van der Waals surface area contributed by atoms with Gasteiger partial charge in [-0.3, -0.25) is 14.6 Å². The SMILES string of the molecule is Cc1ccc(NC(=O)c2cncc(C(=O)Nc3ccc(F)cc3F)c2)cc1C. The summed E-state index contributed by atoms with van der Waals surface area (Å²) in [5, 5.41) is 5.08. The van der Waals surface area contributed by atoms with Gasteiger partial charge in [-0.1, -0.05) is 6.07 Å². The highest BCUT2D eigenvalue weighted by Gasteiger charge is 2.14. The zero-order valence-electron chi connectivity index (χ0n) is 15.2. The van der Waals surface area contributed by atoms with E-state index in [0.29, 0.717) is 11.8 Å². The molecule has 28 heavy (non-hydrogen) atoms. The third kappa shape index (κ3) is 4.37. The topological polar surface area (TPSA) is 71.1 Å². The van der Waals surface area contributed by atoms with Crippen LogP contribution in [0.1, 0.15) is 31.8 Å². The second-order valence-corrected chi connectivity index (χ2v) is 6.29. The van der Waals surface area contributed by atoms with Crippen LogP contribution in [0, 0.1) is 25.5 Å². The van der Waals surface area contributed by atoms with Crippen molar-refractivity contribution in [1.29, 1.82) is 0 Å². The molecule has 0 aliphatic carbocycles. The van der Waals surface area contributed by atoms with Gasteiger partial charge in [0.15, 0.2) is 0 Å². The monoisotopic (exact) mass is 381 g/mol. The number of hydrogen-bond donors (Lipinski definition) is 2. The minimum absolute atomic E-state index is 0.0662. The molecule has 0 aliphatic heterocycles. The summed E-state index contributed by atoms with van der Waals surface area (Å²) in [6, 6.07) is 9.68. The van der Waals surface area contributed by atoms with Crippen molar-refractivity contribution in [3.05, 3.63) is 88.7 Å². The van der Waals surface area contributed by atoms with Crippen LogP contribution in [0.15, 0.2) is 54.9 Å². The van der Waals surface area contributed by atoms with Crippen LogP contribution < -0.4 is 10.6 Å². The van der Waals surface area contributed by atoms with Gasteiger partial charge in [0, 0.05) is 24.1 Å². The summed E-state index contributed by atoms with van der Waals surface area (Å²) in [4.78, 5) is 28.7. The Hall–Kier alpha value is -3.61. The van der Waals surface area contributed by atoms with Crippen molar-refractivity contribution in [3.8, 4) is 0 Å². The fourth-order valence-corrected chi connectivity index (χ4v) is 2.50. The van der Waals surface area contributed by atoms with Gasteiger partial charge in [0.1, 0.15) is 11.6 Å². The second kappa shape index (κ2) is 7.96. The Kier molecular flexibility index (Phi) is 5.44. The Morgan fingerprint density at radius 1 is 0.821 bits per heavy atom. The lowest BCUT2D eigenvalue weighted by Gasteiger charge is -2.09. The van der Waals surface area contributed by atoms with Crippen LogP contribution in [0.4, 0.5) is 20.2 Å². The number of nitrogens with zero attached hydrogens (tertiary/aromatic N) is 1. The first kappa shape index (κ1) is 19.2. The molecule has 2 amide bonds. The predicted octanol–water partition coefficient (Wildman–Crippen LogP) is 4.48. The molecule has 2 aromatic carbocycles. The first-order chi connectivity index (χ1) is 13.3. The molecule has 3 rings (SSSR count). The number of halogens is 2. The standard InChI is InChI=1S/C21H17F2N3O2/c1-12-3-5-17(7-13(12)2)25-20(27)14-8-15(11-24-10-14)21(28)26-19-6-4-16(22)9-18(19)23/h3-11H,1-2H3,(H,25,27)(H,26,28). The van der Waals surface area contributed by atoms with Crippen molar-refractivity contribution >= 4 is 23.2 Å². The molecule has 0 spiro atoms. The van der Waals surface area contributed by atoms with Crippen molar-refractivity contribution in [3.63, 3.8) is 0 Å². The third-order valence-corrected chi connectivity index (χ3v) is 4.21. The summed E-state index contributed by atoms with van der Waals surface area (Å²) in [7, 11) is 0. The summed E-state index contributed by atoms with van der Waals surface area (Å²) >= 11 is 0. The Morgan fingerprint density at radius 2 is 1.50 bits per heavy atom. The normalized spacial score (nSPS) is 10.4. The maximum absolute atomic E-state index is 13.7. The van der Waals surface area contributed by atoms with Gasteiger partial charge in [0.05, 0.1) is 16.8 Å². The average molecular weight is 381 g/mol. The molecule has 0 fully saturated rings. The fourth-order valence-electron chi connectivity index (χ4n) is 2.50. The van der Waals surface area contributed by atoms with Gasteiger partial charge in [0.25, 0.3) is 11.8 Å². The summed E-state index contributed by atoms with van der Waals surface area (Å²) in [5.74, 6) is -2.75. The molecule has 0 atom stereocenters. The Labute approximate surface area is 160 Å². The number of benzene rings is 2. The minimum atomic E-state index is -0.898.